The predicted octanol–water partition coefficient (Wildman–Crippen LogP) is 2.55. The molecule has 0 amide bonds. The zero-order valence-corrected chi connectivity index (χ0v) is 11.5. The van der Waals surface area contributed by atoms with Crippen LogP contribution in [0.2, 0.25) is 0 Å². The third-order valence-electron chi connectivity index (χ3n) is 2.86. The molecule has 0 unspecified atom stereocenters. The quantitative estimate of drug-likeness (QED) is 0.801. The van der Waals surface area contributed by atoms with Gasteiger partial charge >= 0.3 is 5.97 Å². The molecule has 1 heterocycles. The number of carbonyl (C=O) groups is 1. The van der Waals surface area contributed by atoms with Gasteiger partial charge in [0.1, 0.15) is 5.75 Å². The molecule has 5 nitrogen and oxygen atoms in total. The summed E-state index contributed by atoms with van der Waals surface area (Å²) < 4.78 is 15.3. The first-order valence-electron chi connectivity index (χ1n) is 5.97. The molecule has 0 spiro atoms. The molecule has 0 radical (unpaired) electrons. The number of esters is 1. The molecule has 20 heavy (non-hydrogen) atoms. The van der Waals surface area contributed by atoms with Gasteiger partial charge in [0.05, 0.1) is 26.9 Å². The van der Waals surface area contributed by atoms with Crippen LogP contribution in [0.1, 0.15) is 10.4 Å². The van der Waals surface area contributed by atoms with Crippen molar-refractivity contribution < 1.29 is 19.0 Å². The number of hydrogen-bond acceptors (Lipinski definition) is 5. The van der Waals surface area contributed by atoms with Crippen molar-refractivity contribution in [2.45, 2.75) is 0 Å². The standard InChI is InChI=1S/C15H15NO4/c1-18-13-7-5-4-6-11(13)12-8-10(15(17)20-3)9-16-14(12)19-2/h4-9H,1-3H3. The minimum absolute atomic E-state index is 0.356. The third kappa shape index (κ3) is 2.56. The van der Waals surface area contributed by atoms with E-state index in [9.17, 15) is 4.79 Å². The Labute approximate surface area is 117 Å². The fourth-order valence-electron chi connectivity index (χ4n) is 1.90. The van der Waals surface area contributed by atoms with Gasteiger partial charge in [-0.1, -0.05) is 18.2 Å². The Hall–Kier alpha value is -2.56. The number of nitrogens with zero attached hydrogens (tertiary/aromatic N) is 1. The number of pyridine rings is 1. The summed E-state index contributed by atoms with van der Waals surface area (Å²) in [4.78, 5) is 15.8. The van der Waals surface area contributed by atoms with Gasteiger partial charge in [0.25, 0.3) is 0 Å². The molecule has 1 aromatic heterocycles. The van der Waals surface area contributed by atoms with Gasteiger partial charge in [-0.05, 0) is 12.1 Å². The molecular weight excluding hydrogens is 258 g/mol. The Kier molecular flexibility index (Phi) is 4.20. The Morgan fingerprint density at radius 2 is 1.80 bits per heavy atom. The van der Waals surface area contributed by atoms with E-state index in [1.54, 1.807) is 13.2 Å². The summed E-state index contributed by atoms with van der Waals surface area (Å²) in [5.74, 6) is 0.646. The van der Waals surface area contributed by atoms with Crippen LogP contribution in [0.4, 0.5) is 0 Å². The van der Waals surface area contributed by atoms with Crippen LogP contribution < -0.4 is 9.47 Å². The van der Waals surface area contributed by atoms with E-state index in [1.165, 1.54) is 20.4 Å². The average Bonchev–Trinajstić information content (AvgIpc) is 2.53. The number of benzene rings is 1. The van der Waals surface area contributed by atoms with Crippen molar-refractivity contribution in [2.75, 3.05) is 21.3 Å². The van der Waals surface area contributed by atoms with E-state index in [0.717, 1.165) is 5.56 Å². The lowest BCUT2D eigenvalue weighted by Gasteiger charge is -2.12. The topological polar surface area (TPSA) is 57.7 Å². The van der Waals surface area contributed by atoms with Crippen LogP contribution >= 0.6 is 0 Å². The van der Waals surface area contributed by atoms with Gasteiger partial charge in [0, 0.05) is 17.3 Å². The van der Waals surface area contributed by atoms with Crippen molar-refractivity contribution >= 4 is 5.97 Å². The van der Waals surface area contributed by atoms with Crippen molar-refractivity contribution in [1.82, 2.24) is 4.98 Å². The average molecular weight is 273 g/mol. The number of carbonyl (C=O) groups excluding carboxylic acids is 1. The number of rotatable bonds is 4. The number of para-hydroxylation sites is 1. The smallest absolute Gasteiger partial charge is 0.339 e. The summed E-state index contributed by atoms with van der Waals surface area (Å²) in [5.41, 5.74) is 1.83. The molecule has 2 rings (SSSR count). The second-order valence-corrected chi connectivity index (χ2v) is 3.97. The summed E-state index contributed by atoms with van der Waals surface area (Å²) in [6.45, 7) is 0. The first-order valence-corrected chi connectivity index (χ1v) is 5.97. The Balaban J connectivity index is 2.61. The maximum atomic E-state index is 11.6. The van der Waals surface area contributed by atoms with Gasteiger partial charge < -0.3 is 14.2 Å². The normalized spacial score (nSPS) is 9.95. The molecule has 104 valence electrons. The lowest BCUT2D eigenvalue weighted by Crippen LogP contribution is -2.03. The Morgan fingerprint density at radius 1 is 1.05 bits per heavy atom. The molecule has 0 aliphatic heterocycles. The van der Waals surface area contributed by atoms with E-state index >= 15 is 0 Å². The van der Waals surface area contributed by atoms with Gasteiger partial charge in [-0.15, -0.1) is 0 Å². The van der Waals surface area contributed by atoms with Crippen molar-refractivity contribution in [2.24, 2.45) is 0 Å². The fraction of sp³-hybridized carbons (Fsp3) is 0.200. The second kappa shape index (κ2) is 6.06. The molecule has 5 heteroatoms. The monoisotopic (exact) mass is 273 g/mol. The minimum atomic E-state index is -0.448. The molecule has 0 aliphatic carbocycles. The highest BCUT2D eigenvalue weighted by Gasteiger charge is 2.15. The molecule has 0 aliphatic rings. The molecule has 0 N–H and O–H groups in total. The SMILES string of the molecule is COC(=O)c1cnc(OC)c(-c2ccccc2OC)c1. The van der Waals surface area contributed by atoms with Crippen LogP contribution in [0.3, 0.4) is 0 Å². The molecule has 0 bridgehead atoms. The molecule has 0 saturated heterocycles. The van der Waals surface area contributed by atoms with Gasteiger partial charge in [-0.25, -0.2) is 9.78 Å². The summed E-state index contributed by atoms with van der Waals surface area (Å²) >= 11 is 0. The van der Waals surface area contributed by atoms with E-state index < -0.39 is 5.97 Å². The molecule has 0 saturated carbocycles. The largest absolute Gasteiger partial charge is 0.496 e. The van der Waals surface area contributed by atoms with Crippen LogP contribution in [-0.4, -0.2) is 32.3 Å². The van der Waals surface area contributed by atoms with Crippen LogP contribution in [0, 0.1) is 0 Å². The number of aromatic nitrogens is 1. The van der Waals surface area contributed by atoms with Crippen molar-refractivity contribution in [3.8, 4) is 22.8 Å². The lowest BCUT2D eigenvalue weighted by atomic mass is 10.0. The lowest BCUT2D eigenvalue weighted by molar-refractivity contribution is 0.0600. The summed E-state index contributed by atoms with van der Waals surface area (Å²) in [6, 6.07) is 9.13. The molecule has 1 aromatic carbocycles. The van der Waals surface area contributed by atoms with Crippen LogP contribution in [0.15, 0.2) is 36.5 Å². The molecule has 0 atom stereocenters. The Bertz CT molecular complexity index is 625. The highest BCUT2D eigenvalue weighted by atomic mass is 16.5. The van der Waals surface area contributed by atoms with Gasteiger partial charge in [-0.2, -0.15) is 0 Å². The van der Waals surface area contributed by atoms with Crippen molar-refractivity contribution in [1.29, 1.82) is 0 Å². The third-order valence-corrected chi connectivity index (χ3v) is 2.86. The van der Waals surface area contributed by atoms with Gasteiger partial charge in [-0.3, -0.25) is 0 Å². The van der Waals surface area contributed by atoms with Crippen molar-refractivity contribution in [3.63, 3.8) is 0 Å². The van der Waals surface area contributed by atoms with E-state index in [0.29, 0.717) is 22.8 Å². The first-order chi connectivity index (χ1) is 9.71. The summed E-state index contributed by atoms with van der Waals surface area (Å²) in [6.07, 6.45) is 1.42. The minimum Gasteiger partial charge on any atom is -0.496 e. The number of ether oxygens (including phenoxy) is 3. The van der Waals surface area contributed by atoms with Crippen molar-refractivity contribution in [3.05, 3.63) is 42.1 Å². The fourth-order valence-corrected chi connectivity index (χ4v) is 1.90. The summed E-state index contributed by atoms with van der Waals surface area (Å²) in [5, 5.41) is 0. The number of methoxy groups -OCH3 is 3. The van der Waals surface area contributed by atoms with Crippen LogP contribution in [-0.2, 0) is 4.74 Å². The molecule has 0 fully saturated rings. The maximum Gasteiger partial charge on any atom is 0.339 e. The molecular formula is C15H15NO4. The van der Waals surface area contributed by atoms with E-state index in [-0.39, 0.29) is 0 Å². The van der Waals surface area contributed by atoms with E-state index in [4.69, 9.17) is 14.2 Å². The van der Waals surface area contributed by atoms with Crippen LogP contribution in [0.5, 0.6) is 11.6 Å². The zero-order chi connectivity index (χ0) is 14.5. The highest BCUT2D eigenvalue weighted by molar-refractivity contribution is 5.91. The molecule has 2 aromatic rings. The first kappa shape index (κ1) is 13.9. The van der Waals surface area contributed by atoms with Crippen LogP contribution in [0.25, 0.3) is 11.1 Å². The number of hydrogen-bond donors (Lipinski definition) is 0. The highest BCUT2D eigenvalue weighted by Crippen LogP contribution is 2.35. The van der Waals surface area contributed by atoms with E-state index in [2.05, 4.69) is 4.98 Å². The van der Waals surface area contributed by atoms with Gasteiger partial charge in [0.2, 0.25) is 5.88 Å². The zero-order valence-electron chi connectivity index (χ0n) is 11.5. The predicted molar refractivity (Wildman–Crippen MR) is 74.1 cm³/mol. The van der Waals surface area contributed by atoms with E-state index in [1.807, 2.05) is 24.3 Å². The Morgan fingerprint density at radius 3 is 2.45 bits per heavy atom. The summed E-state index contributed by atoms with van der Waals surface area (Å²) in [7, 11) is 4.44. The van der Waals surface area contributed by atoms with Gasteiger partial charge in [0.15, 0.2) is 0 Å². The maximum absolute atomic E-state index is 11.6. The second-order valence-electron chi connectivity index (χ2n) is 3.97.